The molecular formula is C13H14Cl3NO3S. The quantitative estimate of drug-likeness (QED) is 0.744. The van der Waals surface area contributed by atoms with Crippen molar-refractivity contribution in [2.75, 3.05) is 13.1 Å². The van der Waals surface area contributed by atoms with Crippen molar-refractivity contribution in [3.05, 3.63) is 27.7 Å². The highest BCUT2D eigenvalue weighted by Gasteiger charge is 2.28. The van der Waals surface area contributed by atoms with Crippen LogP contribution in [0.2, 0.25) is 10.0 Å². The topological polar surface area (TPSA) is 54.5 Å². The van der Waals surface area contributed by atoms with E-state index in [1.165, 1.54) is 12.1 Å². The lowest BCUT2D eigenvalue weighted by molar-refractivity contribution is 0.0683. The number of carbonyl (C=O) groups excluding carboxylic acids is 1. The van der Waals surface area contributed by atoms with Crippen LogP contribution in [0.3, 0.4) is 0 Å². The zero-order chi connectivity index (χ0) is 15.8. The lowest BCUT2D eigenvalue weighted by Crippen LogP contribution is -2.39. The third-order valence-corrected chi connectivity index (χ3v) is 5.66. The molecule has 8 heteroatoms. The van der Waals surface area contributed by atoms with E-state index in [4.69, 9.17) is 33.9 Å². The van der Waals surface area contributed by atoms with Gasteiger partial charge in [-0.05, 0) is 30.9 Å². The molecule has 1 aliphatic heterocycles. The molecule has 1 aromatic rings. The molecule has 1 aromatic carbocycles. The number of likely N-dealkylation sites (tertiary alicyclic amines) is 1. The van der Waals surface area contributed by atoms with Crippen LogP contribution in [0.4, 0.5) is 0 Å². The second-order valence-electron chi connectivity index (χ2n) is 5.17. The first-order chi connectivity index (χ1) is 9.71. The van der Waals surface area contributed by atoms with Gasteiger partial charge < -0.3 is 4.90 Å². The summed E-state index contributed by atoms with van der Waals surface area (Å²) in [7, 11) is 1.28. The van der Waals surface area contributed by atoms with E-state index in [1.807, 2.05) is 0 Å². The summed E-state index contributed by atoms with van der Waals surface area (Å²) in [6, 6.07) is 2.52. The number of piperidine rings is 1. The smallest absolute Gasteiger partial charge is 0.262 e. The van der Waals surface area contributed by atoms with Crippen LogP contribution in [-0.4, -0.2) is 32.3 Å². The van der Waals surface area contributed by atoms with Gasteiger partial charge in [-0.1, -0.05) is 30.1 Å². The van der Waals surface area contributed by atoms with E-state index in [9.17, 15) is 13.2 Å². The van der Waals surface area contributed by atoms with Crippen molar-refractivity contribution in [1.29, 1.82) is 0 Å². The Labute approximate surface area is 138 Å². The number of hydrogen-bond acceptors (Lipinski definition) is 3. The highest BCUT2D eigenvalue weighted by Crippen LogP contribution is 2.34. The summed E-state index contributed by atoms with van der Waals surface area (Å²) in [4.78, 5) is 13.9. The molecule has 1 amide bonds. The summed E-state index contributed by atoms with van der Waals surface area (Å²) in [5.74, 6) is 0.0268. The maximum absolute atomic E-state index is 12.6. The normalized spacial score (nSPS) is 19.6. The molecule has 0 saturated carbocycles. The van der Waals surface area contributed by atoms with Crippen LogP contribution in [0, 0.1) is 5.92 Å². The first kappa shape index (κ1) is 16.9. The Bertz CT molecular complexity index is 675. The summed E-state index contributed by atoms with van der Waals surface area (Å²) >= 11 is 12.1. The number of nitrogens with zero attached hydrogens (tertiary/aromatic N) is 1. The van der Waals surface area contributed by atoms with Gasteiger partial charge in [0, 0.05) is 23.8 Å². The number of hydrogen-bond donors (Lipinski definition) is 0. The fraction of sp³-hybridized carbons (Fsp3) is 0.462. The number of carbonyl (C=O) groups is 1. The van der Waals surface area contributed by atoms with Gasteiger partial charge in [-0.2, -0.15) is 0 Å². The second kappa shape index (κ2) is 6.32. The van der Waals surface area contributed by atoms with Crippen molar-refractivity contribution in [2.45, 2.75) is 24.7 Å². The molecule has 0 aliphatic carbocycles. The Kier molecular flexibility index (Phi) is 5.08. The highest BCUT2D eigenvalue weighted by atomic mass is 35.7. The number of amides is 1. The molecule has 116 valence electrons. The van der Waals surface area contributed by atoms with E-state index < -0.39 is 9.05 Å². The van der Waals surface area contributed by atoms with Gasteiger partial charge in [0.15, 0.2) is 0 Å². The lowest BCUT2D eigenvalue weighted by atomic mass is 9.99. The molecule has 4 nitrogen and oxygen atoms in total. The predicted octanol–water partition coefficient (Wildman–Crippen LogP) is 3.79. The van der Waals surface area contributed by atoms with Crippen LogP contribution in [0.25, 0.3) is 0 Å². The molecule has 1 saturated heterocycles. The summed E-state index contributed by atoms with van der Waals surface area (Å²) in [5, 5.41) is -0.104. The van der Waals surface area contributed by atoms with E-state index in [-0.39, 0.29) is 26.4 Å². The molecule has 0 bridgehead atoms. The van der Waals surface area contributed by atoms with Crippen molar-refractivity contribution in [3.63, 3.8) is 0 Å². The fourth-order valence-corrected chi connectivity index (χ4v) is 4.34. The monoisotopic (exact) mass is 369 g/mol. The zero-order valence-electron chi connectivity index (χ0n) is 11.3. The Balaban J connectivity index is 2.46. The number of halogens is 3. The predicted molar refractivity (Wildman–Crippen MR) is 83.8 cm³/mol. The first-order valence-corrected chi connectivity index (χ1v) is 9.50. The fourth-order valence-electron chi connectivity index (χ4n) is 2.45. The van der Waals surface area contributed by atoms with Crippen molar-refractivity contribution in [3.8, 4) is 0 Å². The summed E-state index contributed by atoms with van der Waals surface area (Å²) in [6.45, 7) is 3.26. The molecule has 2 rings (SSSR count). The molecule has 1 atom stereocenters. The van der Waals surface area contributed by atoms with E-state index in [0.29, 0.717) is 19.0 Å². The van der Waals surface area contributed by atoms with Gasteiger partial charge in [0.05, 0.1) is 15.6 Å². The standard InChI is InChI=1S/C13H14Cl3NO3S/c1-8-3-2-6-17(7-8)13(18)11-9(14)4-5-10(12(11)15)21(16,19)20/h4-5,8H,2-3,6-7H2,1H3. The zero-order valence-corrected chi connectivity index (χ0v) is 14.4. The van der Waals surface area contributed by atoms with Gasteiger partial charge >= 0.3 is 0 Å². The minimum absolute atomic E-state index is 0.00541. The molecule has 0 N–H and O–H groups in total. The molecule has 1 fully saturated rings. The molecular weight excluding hydrogens is 357 g/mol. The van der Waals surface area contributed by atoms with E-state index in [1.54, 1.807) is 4.90 Å². The maximum Gasteiger partial charge on any atom is 0.262 e. The molecule has 21 heavy (non-hydrogen) atoms. The van der Waals surface area contributed by atoms with Crippen molar-refractivity contribution in [2.24, 2.45) is 5.92 Å². The Morgan fingerprint density at radius 3 is 2.57 bits per heavy atom. The van der Waals surface area contributed by atoms with Gasteiger partial charge in [0.25, 0.3) is 15.0 Å². The van der Waals surface area contributed by atoms with Crippen molar-refractivity contribution >= 4 is 48.8 Å². The second-order valence-corrected chi connectivity index (χ2v) is 8.49. The SMILES string of the molecule is CC1CCCN(C(=O)c2c(Cl)ccc(S(=O)(=O)Cl)c2Cl)C1. The molecule has 0 radical (unpaired) electrons. The minimum Gasteiger partial charge on any atom is -0.338 e. The van der Waals surface area contributed by atoms with Crippen molar-refractivity contribution in [1.82, 2.24) is 4.90 Å². The van der Waals surface area contributed by atoms with Crippen LogP contribution >= 0.6 is 33.9 Å². The third kappa shape index (κ3) is 3.65. The van der Waals surface area contributed by atoms with E-state index >= 15 is 0 Å². The maximum atomic E-state index is 12.6. The highest BCUT2D eigenvalue weighted by molar-refractivity contribution is 8.13. The number of rotatable bonds is 2. The van der Waals surface area contributed by atoms with Gasteiger partial charge in [0.2, 0.25) is 0 Å². The molecule has 1 aliphatic rings. The average Bonchev–Trinajstić information content (AvgIpc) is 2.37. The van der Waals surface area contributed by atoms with Crippen LogP contribution in [0.1, 0.15) is 30.1 Å². The Morgan fingerprint density at radius 1 is 1.33 bits per heavy atom. The molecule has 0 spiro atoms. The van der Waals surface area contributed by atoms with Gasteiger partial charge in [-0.3, -0.25) is 4.79 Å². The first-order valence-electron chi connectivity index (χ1n) is 6.43. The average molecular weight is 371 g/mol. The van der Waals surface area contributed by atoms with Gasteiger partial charge in [0.1, 0.15) is 4.90 Å². The lowest BCUT2D eigenvalue weighted by Gasteiger charge is -2.31. The van der Waals surface area contributed by atoms with Gasteiger partial charge in [-0.15, -0.1) is 0 Å². The largest absolute Gasteiger partial charge is 0.338 e. The van der Waals surface area contributed by atoms with Gasteiger partial charge in [-0.25, -0.2) is 8.42 Å². The van der Waals surface area contributed by atoms with Crippen LogP contribution in [-0.2, 0) is 9.05 Å². The van der Waals surface area contributed by atoms with E-state index in [0.717, 1.165) is 12.8 Å². The minimum atomic E-state index is -4.04. The van der Waals surface area contributed by atoms with Crippen molar-refractivity contribution < 1.29 is 13.2 Å². The summed E-state index contributed by atoms with van der Waals surface area (Å²) in [6.07, 6.45) is 1.96. The number of benzene rings is 1. The summed E-state index contributed by atoms with van der Waals surface area (Å²) < 4.78 is 23.0. The van der Waals surface area contributed by atoms with Crippen LogP contribution in [0.15, 0.2) is 17.0 Å². The molecule has 1 unspecified atom stereocenters. The molecule has 1 heterocycles. The van der Waals surface area contributed by atoms with Crippen LogP contribution in [0.5, 0.6) is 0 Å². The van der Waals surface area contributed by atoms with E-state index in [2.05, 4.69) is 6.92 Å². The Hall–Kier alpha value is -0.490. The van der Waals surface area contributed by atoms with Crippen LogP contribution < -0.4 is 0 Å². The Morgan fingerprint density at radius 2 is 2.00 bits per heavy atom. The third-order valence-electron chi connectivity index (χ3n) is 3.48. The molecule has 0 aromatic heterocycles. The summed E-state index contributed by atoms with van der Waals surface area (Å²) in [5.41, 5.74) is -0.00541.